The van der Waals surface area contributed by atoms with Gasteiger partial charge in [0.05, 0.1) is 6.26 Å². The van der Waals surface area contributed by atoms with Gasteiger partial charge in [0.2, 0.25) is 0 Å². The zero-order chi connectivity index (χ0) is 9.26. The summed E-state index contributed by atoms with van der Waals surface area (Å²) >= 11 is 0. The standard InChI is InChI=1S/C11H16O2/c1-8-5-6-13-11(8)10(12)7-9-3-2-4-9/h5-6,9-10,12H,2-4,7H2,1H3. The van der Waals surface area contributed by atoms with Crippen LogP contribution in [0.25, 0.3) is 0 Å². The first kappa shape index (κ1) is 8.82. The Morgan fingerprint density at radius 2 is 2.38 bits per heavy atom. The van der Waals surface area contributed by atoms with Crippen molar-refractivity contribution in [3.8, 4) is 0 Å². The second-order valence-electron chi connectivity index (χ2n) is 4.02. The van der Waals surface area contributed by atoms with Gasteiger partial charge >= 0.3 is 0 Å². The van der Waals surface area contributed by atoms with Gasteiger partial charge in [-0.25, -0.2) is 0 Å². The van der Waals surface area contributed by atoms with E-state index in [1.165, 1.54) is 19.3 Å². The summed E-state index contributed by atoms with van der Waals surface area (Å²) in [4.78, 5) is 0. The molecule has 0 bridgehead atoms. The Morgan fingerprint density at radius 3 is 2.85 bits per heavy atom. The van der Waals surface area contributed by atoms with E-state index in [4.69, 9.17) is 4.42 Å². The Bertz CT molecular complexity index is 273. The van der Waals surface area contributed by atoms with Crippen LogP contribution in [-0.2, 0) is 0 Å². The molecule has 1 N–H and O–H groups in total. The lowest BCUT2D eigenvalue weighted by molar-refractivity contribution is 0.0977. The largest absolute Gasteiger partial charge is 0.466 e. The van der Waals surface area contributed by atoms with Crippen LogP contribution in [0.5, 0.6) is 0 Å². The normalized spacial score (nSPS) is 19.8. The highest BCUT2D eigenvalue weighted by molar-refractivity contribution is 5.16. The summed E-state index contributed by atoms with van der Waals surface area (Å²) in [6.07, 6.45) is 6.01. The van der Waals surface area contributed by atoms with Gasteiger partial charge in [-0.3, -0.25) is 0 Å². The van der Waals surface area contributed by atoms with Gasteiger partial charge in [-0.05, 0) is 30.9 Å². The van der Waals surface area contributed by atoms with Crippen LogP contribution < -0.4 is 0 Å². The number of hydrogen-bond acceptors (Lipinski definition) is 2. The molecule has 2 heteroatoms. The lowest BCUT2D eigenvalue weighted by Crippen LogP contribution is -2.14. The Hall–Kier alpha value is -0.760. The van der Waals surface area contributed by atoms with Crippen molar-refractivity contribution in [3.05, 3.63) is 23.7 Å². The van der Waals surface area contributed by atoms with E-state index in [0.29, 0.717) is 0 Å². The minimum absolute atomic E-state index is 0.389. The summed E-state index contributed by atoms with van der Waals surface area (Å²) in [5, 5.41) is 9.83. The molecule has 2 nitrogen and oxygen atoms in total. The maximum atomic E-state index is 9.83. The fourth-order valence-corrected chi connectivity index (χ4v) is 1.88. The molecule has 0 saturated heterocycles. The van der Waals surface area contributed by atoms with Gasteiger partial charge < -0.3 is 9.52 Å². The maximum absolute atomic E-state index is 9.83. The number of aliphatic hydroxyl groups excluding tert-OH is 1. The summed E-state index contributed by atoms with van der Waals surface area (Å²) in [5.74, 6) is 1.48. The van der Waals surface area contributed by atoms with E-state index in [1.807, 2.05) is 13.0 Å². The molecular formula is C11H16O2. The molecule has 0 aliphatic heterocycles. The molecule has 0 amide bonds. The SMILES string of the molecule is Cc1ccoc1C(O)CC1CCC1. The molecule has 1 fully saturated rings. The molecule has 0 aromatic carbocycles. The van der Waals surface area contributed by atoms with Gasteiger partial charge in [0.25, 0.3) is 0 Å². The van der Waals surface area contributed by atoms with Gasteiger partial charge in [0.1, 0.15) is 11.9 Å². The van der Waals surface area contributed by atoms with Crippen molar-refractivity contribution < 1.29 is 9.52 Å². The van der Waals surface area contributed by atoms with E-state index in [2.05, 4.69) is 0 Å². The van der Waals surface area contributed by atoms with E-state index in [-0.39, 0.29) is 6.10 Å². The van der Waals surface area contributed by atoms with Crippen molar-refractivity contribution in [1.82, 2.24) is 0 Å². The van der Waals surface area contributed by atoms with Crippen LogP contribution in [0.2, 0.25) is 0 Å². The van der Waals surface area contributed by atoms with Gasteiger partial charge in [0, 0.05) is 0 Å². The summed E-state index contributed by atoms with van der Waals surface area (Å²) in [7, 11) is 0. The monoisotopic (exact) mass is 180 g/mol. The van der Waals surface area contributed by atoms with Crippen LogP contribution in [0.1, 0.15) is 43.1 Å². The first-order valence-corrected chi connectivity index (χ1v) is 4.99. The first-order chi connectivity index (χ1) is 6.27. The fourth-order valence-electron chi connectivity index (χ4n) is 1.88. The molecule has 1 aliphatic carbocycles. The minimum Gasteiger partial charge on any atom is -0.466 e. The predicted molar refractivity (Wildman–Crippen MR) is 50.4 cm³/mol. The molecule has 72 valence electrons. The molecule has 1 saturated carbocycles. The summed E-state index contributed by atoms with van der Waals surface area (Å²) in [5.41, 5.74) is 1.06. The summed E-state index contributed by atoms with van der Waals surface area (Å²) < 4.78 is 5.25. The quantitative estimate of drug-likeness (QED) is 0.776. The number of hydrogen-bond donors (Lipinski definition) is 1. The molecule has 1 heterocycles. The Morgan fingerprint density at radius 1 is 1.62 bits per heavy atom. The second-order valence-corrected chi connectivity index (χ2v) is 4.02. The summed E-state index contributed by atoms with van der Waals surface area (Å²) in [6, 6.07) is 1.90. The Labute approximate surface area is 78.6 Å². The highest BCUT2D eigenvalue weighted by Gasteiger charge is 2.23. The third-order valence-electron chi connectivity index (χ3n) is 2.99. The Kier molecular flexibility index (Phi) is 2.40. The Balaban J connectivity index is 1.96. The molecule has 2 rings (SSSR count). The topological polar surface area (TPSA) is 33.4 Å². The third-order valence-corrected chi connectivity index (χ3v) is 2.99. The lowest BCUT2D eigenvalue weighted by atomic mass is 9.81. The number of aryl methyl sites for hydroxylation is 1. The van der Waals surface area contributed by atoms with Crippen molar-refractivity contribution in [3.63, 3.8) is 0 Å². The number of rotatable bonds is 3. The highest BCUT2D eigenvalue weighted by Crippen LogP contribution is 2.35. The maximum Gasteiger partial charge on any atom is 0.135 e. The molecule has 1 aromatic heterocycles. The van der Waals surface area contributed by atoms with Gasteiger partial charge in [-0.15, -0.1) is 0 Å². The van der Waals surface area contributed by atoms with Gasteiger partial charge in [-0.2, -0.15) is 0 Å². The van der Waals surface area contributed by atoms with E-state index in [9.17, 15) is 5.11 Å². The zero-order valence-corrected chi connectivity index (χ0v) is 7.99. The second kappa shape index (κ2) is 3.54. The van der Waals surface area contributed by atoms with E-state index >= 15 is 0 Å². The van der Waals surface area contributed by atoms with Crippen LogP contribution in [-0.4, -0.2) is 5.11 Å². The van der Waals surface area contributed by atoms with Crippen molar-refractivity contribution in [2.45, 2.75) is 38.7 Å². The van der Waals surface area contributed by atoms with Gasteiger partial charge in [0.15, 0.2) is 0 Å². The van der Waals surface area contributed by atoms with Crippen LogP contribution in [0.3, 0.4) is 0 Å². The predicted octanol–water partition coefficient (Wildman–Crippen LogP) is 2.81. The summed E-state index contributed by atoms with van der Waals surface area (Å²) in [6.45, 7) is 1.98. The molecule has 1 unspecified atom stereocenters. The first-order valence-electron chi connectivity index (χ1n) is 4.99. The number of aliphatic hydroxyl groups is 1. The average molecular weight is 180 g/mol. The average Bonchev–Trinajstić information content (AvgIpc) is 2.43. The van der Waals surface area contributed by atoms with Crippen molar-refractivity contribution in [2.75, 3.05) is 0 Å². The van der Waals surface area contributed by atoms with Crippen molar-refractivity contribution in [1.29, 1.82) is 0 Å². The fraction of sp³-hybridized carbons (Fsp3) is 0.636. The minimum atomic E-state index is -0.389. The van der Waals surface area contributed by atoms with Crippen LogP contribution >= 0.6 is 0 Å². The molecule has 13 heavy (non-hydrogen) atoms. The number of furan rings is 1. The van der Waals surface area contributed by atoms with Crippen molar-refractivity contribution >= 4 is 0 Å². The van der Waals surface area contributed by atoms with E-state index in [1.54, 1.807) is 6.26 Å². The van der Waals surface area contributed by atoms with E-state index < -0.39 is 0 Å². The molecule has 1 aromatic rings. The van der Waals surface area contributed by atoms with Crippen molar-refractivity contribution in [2.24, 2.45) is 5.92 Å². The smallest absolute Gasteiger partial charge is 0.135 e. The molecule has 0 spiro atoms. The molecular weight excluding hydrogens is 164 g/mol. The molecule has 0 radical (unpaired) electrons. The highest BCUT2D eigenvalue weighted by atomic mass is 16.4. The third kappa shape index (κ3) is 1.78. The van der Waals surface area contributed by atoms with E-state index in [0.717, 1.165) is 23.7 Å². The van der Waals surface area contributed by atoms with Crippen LogP contribution in [0, 0.1) is 12.8 Å². The zero-order valence-electron chi connectivity index (χ0n) is 7.99. The lowest BCUT2D eigenvalue weighted by Gasteiger charge is -2.26. The van der Waals surface area contributed by atoms with Crippen LogP contribution in [0.15, 0.2) is 16.7 Å². The molecule has 1 atom stereocenters. The van der Waals surface area contributed by atoms with Crippen LogP contribution in [0.4, 0.5) is 0 Å². The van der Waals surface area contributed by atoms with Gasteiger partial charge in [-0.1, -0.05) is 19.3 Å². The molecule has 1 aliphatic rings.